The summed E-state index contributed by atoms with van der Waals surface area (Å²) in [7, 11) is 0. The quantitative estimate of drug-likeness (QED) is 0.677. The molecule has 0 spiro atoms. The lowest BCUT2D eigenvalue weighted by molar-refractivity contribution is -0.247. The van der Waals surface area contributed by atoms with Gasteiger partial charge in [0, 0.05) is 0 Å². The summed E-state index contributed by atoms with van der Waals surface area (Å²) in [6, 6.07) is 0. The molecule has 0 aromatic heterocycles. The van der Waals surface area contributed by atoms with Crippen LogP contribution in [0.5, 0.6) is 0 Å². The van der Waals surface area contributed by atoms with Gasteiger partial charge in [-0.25, -0.2) is 0 Å². The standard InChI is InChI=1S/C11H18O4/c12-9(13)10(11(14)7-15-8-11)5-3-1-2-4-6-10/h14H,1-8H2,(H,12,13). The zero-order chi connectivity index (χ0) is 10.9. The van der Waals surface area contributed by atoms with E-state index in [1.54, 1.807) is 0 Å². The fourth-order valence-electron chi connectivity index (χ4n) is 2.78. The second-order valence-corrected chi connectivity index (χ2v) is 4.83. The summed E-state index contributed by atoms with van der Waals surface area (Å²) >= 11 is 0. The van der Waals surface area contributed by atoms with E-state index in [-0.39, 0.29) is 13.2 Å². The molecule has 15 heavy (non-hydrogen) atoms. The molecule has 1 aliphatic heterocycles. The average Bonchev–Trinajstić information content (AvgIpc) is 2.40. The number of hydrogen-bond donors (Lipinski definition) is 2. The van der Waals surface area contributed by atoms with Crippen LogP contribution in [0.3, 0.4) is 0 Å². The Kier molecular flexibility index (Phi) is 2.73. The molecule has 1 heterocycles. The molecule has 0 radical (unpaired) electrons. The summed E-state index contributed by atoms with van der Waals surface area (Å²) in [6.45, 7) is 0.360. The number of aliphatic hydroxyl groups is 1. The van der Waals surface area contributed by atoms with Crippen molar-refractivity contribution in [3.63, 3.8) is 0 Å². The molecule has 0 amide bonds. The van der Waals surface area contributed by atoms with E-state index in [0.717, 1.165) is 25.7 Å². The van der Waals surface area contributed by atoms with Gasteiger partial charge in [-0.3, -0.25) is 4.79 Å². The number of hydrogen-bond acceptors (Lipinski definition) is 3. The molecule has 1 saturated carbocycles. The molecule has 0 atom stereocenters. The van der Waals surface area contributed by atoms with Crippen LogP contribution in [0.1, 0.15) is 38.5 Å². The number of rotatable bonds is 2. The maximum atomic E-state index is 11.5. The first kappa shape index (κ1) is 10.9. The third-order valence-corrected chi connectivity index (χ3v) is 3.94. The van der Waals surface area contributed by atoms with E-state index in [1.807, 2.05) is 0 Å². The van der Waals surface area contributed by atoms with Gasteiger partial charge in [-0.15, -0.1) is 0 Å². The van der Waals surface area contributed by atoms with Crippen LogP contribution in [-0.2, 0) is 9.53 Å². The molecule has 86 valence electrons. The SMILES string of the molecule is O=C(O)C1(C2(O)COC2)CCCCCC1. The maximum absolute atomic E-state index is 11.5. The minimum Gasteiger partial charge on any atom is -0.481 e. The van der Waals surface area contributed by atoms with Gasteiger partial charge in [0.2, 0.25) is 0 Å². The molecule has 0 aromatic carbocycles. The van der Waals surface area contributed by atoms with Gasteiger partial charge in [-0.2, -0.15) is 0 Å². The summed E-state index contributed by atoms with van der Waals surface area (Å²) < 4.78 is 4.99. The van der Waals surface area contributed by atoms with Gasteiger partial charge in [0.25, 0.3) is 0 Å². The van der Waals surface area contributed by atoms with Crippen molar-refractivity contribution in [3.8, 4) is 0 Å². The maximum Gasteiger partial charge on any atom is 0.312 e. The smallest absolute Gasteiger partial charge is 0.312 e. The molecule has 1 saturated heterocycles. The second-order valence-electron chi connectivity index (χ2n) is 4.83. The van der Waals surface area contributed by atoms with E-state index in [0.29, 0.717) is 12.8 Å². The van der Waals surface area contributed by atoms with Gasteiger partial charge in [0.1, 0.15) is 11.0 Å². The molecule has 0 bridgehead atoms. The van der Waals surface area contributed by atoms with E-state index >= 15 is 0 Å². The number of carboxylic acids is 1. The molecule has 2 rings (SSSR count). The van der Waals surface area contributed by atoms with Crippen LogP contribution >= 0.6 is 0 Å². The fourth-order valence-corrected chi connectivity index (χ4v) is 2.78. The zero-order valence-corrected chi connectivity index (χ0v) is 8.87. The lowest BCUT2D eigenvalue weighted by atomic mass is 9.65. The number of carbonyl (C=O) groups is 1. The summed E-state index contributed by atoms with van der Waals surface area (Å²) in [6.07, 6.45) is 5.12. The van der Waals surface area contributed by atoms with Crippen LogP contribution in [0.25, 0.3) is 0 Å². The van der Waals surface area contributed by atoms with Crippen molar-refractivity contribution in [1.82, 2.24) is 0 Å². The highest BCUT2D eigenvalue weighted by molar-refractivity contribution is 5.76. The minimum atomic E-state index is -1.12. The van der Waals surface area contributed by atoms with Gasteiger partial charge in [-0.05, 0) is 12.8 Å². The largest absolute Gasteiger partial charge is 0.481 e. The first-order valence-corrected chi connectivity index (χ1v) is 5.64. The predicted octanol–water partition coefficient (Wildman–Crippen LogP) is 1.17. The molecular formula is C11H18O4. The summed E-state index contributed by atoms with van der Waals surface area (Å²) in [5, 5.41) is 19.7. The molecule has 2 fully saturated rings. The Morgan fingerprint density at radius 2 is 1.60 bits per heavy atom. The Hall–Kier alpha value is -0.610. The number of aliphatic carboxylic acids is 1. The Bertz CT molecular complexity index is 249. The third-order valence-electron chi connectivity index (χ3n) is 3.94. The highest BCUT2D eigenvalue weighted by Crippen LogP contribution is 2.47. The van der Waals surface area contributed by atoms with Crippen LogP contribution in [0.2, 0.25) is 0 Å². The summed E-state index contributed by atoms with van der Waals surface area (Å²) in [4.78, 5) is 11.5. The molecular weight excluding hydrogens is 196 g/mol. The first-order chi connectivity index (χ1) is 7.11. The van der Waals surface area contributed by atoms with Gasteiger partial charge in [0.05, 0.1) is 13.2 Å². The Balaban J connectivity index is 2.25. The van der Waals surface area contributed by atoms with Gasteiger partial charge < -0.3 is 14.9 Å². The lowest BCUT2D eigenvalue weighted by Crippen LogP contribution is -2.64. The van der Waals surface area contributed by atoms with Crippen molar-refractivity contribution in [2.45, 2.75) is 44.1 Å². The average molecular weight is 214 g/mol. The molecule has 4 heteroatoms. The van der Waals surface area contributed by atoms with Crippen molar-refractivity contribution < 1.29 is 19.7 Å². The fraction of sp³-hybridized carbons (Fsp3) is 0.909. The Morgan fingerprint density at radius 3 is 1.93 bits per heavy atom. The second kappa shape index (κ2) is 3.76. The van der Waals surface area contributed by atoms with Crippen molar-refractivity contribution in [2.24, 2.45) is 5.41 Å². The van der Waals surface area contributed by atoms with E-state index in [2.05, 4.69) is 0 Å². The van der Waals surface area contributed by atoms with Crippen LogP contribution in [0, 0.1) is 5.41 Å². The van der Waals surface area contributed by atoms with Gasteiger partial charge >= 0.3 is 5.97 Å². The van der Waals surface area contributed by atoms with Crippen LogP contribution < -0.4 is 0 Å². The first-order valence-electron chi connectivity index (χ1n) is 5.64. The van der Waals surface area contributed by atoms with Crippen molar-refractivity contribution in [3.05, 3.63) is 0 Å². The van der Waals surface area contributed by atoms with E-state index in [1.165, 1.54) is 0 Å². The van der Waals surface area contributed by atoms with Gasteiger partial charge in [-0.1, -0.05) is 25.7 Å². The summed E-state index contributed by atoms with van der Waals surface area (Å²) in [5.41, 5.74) is -2.08. The van der Waals surface area contributed by atoms with Crippen LogP contribution in [-0.4, -0.2) is 35.0 Å². The molecule has 4 nitrogen and oxygen atoms in total. The van der Waals surface area contributed by atoms with Crippen molar-refractivity contribution in [1.29, 1.82) is 0 Å². The topological polar surface area (TPSA) is 66.8 Å². The third kappa shape index (κ3) is 1.56. The highest BCUT2D eigenvalue weighted by Gasteiger charge is 2.59. The predicted molar refractivity (Wildman–Crippen MR) is 53.5 cm³/mol. The van der Waals surface area contributed by atoms with E-state index < -0.39 is 17.0 Å². The van der Waals surface area contributed by atoms with Gasteiger partial charge in [0.15, 0.2) is 0 Å². The number of carboxylic acid groups (broad SMARTS) is 1. The van der Waals surface area contributed by atoms with Crippen LogP contribution in [0.4, 0.5) is 0 Å². The van der Waals surface area contributed by atoms with Crippen molar-refractivity contribution in [2.75, 3.05) is 13.2 Å². The zero-order valence-electron chi connectivity index (χ0n) is 8.87. The molecule has 0 unspecified atom stereocenters. The monoisotopic (exact) mass is 214 g/mol. The Morgan fingerprint density at radius 1 is 1.07 bits per heavy atom. The molecule has 0 aromatic rings. The van der Waals surface area contributed by atoms with E-state index in [9.17, 15) is 15.0 Å². The van der Waals surface area contributed by atoms with E-state index in [4.69, 9.17) is 4.74 Å². The minimum absolute atomic E-state index is 0.180. The highest BCUT2D eigenvalue weighted by atomic mass is 16.5. The summed E-state index contributed by atoms with van der Waals surface area (Å²) in [5.74, 6) is -0.852. The van der Waals surface area contributed by atoms with Crippen LogP contribution in [0.15, 0.2) is 0 Å². The number of ether oxygens (including phenoxy) is 1. The molecule has 2 N–H and O–H groups in total. The Labute approximate surface area is 89.2 Å². The normalized spacial score (nSPS) is 28.9. The molecule has 2 aliphatic rings. The van der Waals surface area contributed by atoms with Crippen molar-refractivity contribution >= 4 is 5.97 Å². The molecule has 1 aliphatic carbocycles. The lowest BCUT2D eigenvalue weighted by Gasteiger charge is -2.49.